The molecule has 2 N–H and O–H groups in total. The van der Waals surface area contributed by atoms with Crippen LogP contribution in [0.1, 0.15) is 111 Å². The van der Waals surface area contributed by atoms with Gasteiger partial charge in [0.25, 0.3) is 0 Å². The maximum atomic E-state index is 13.2. The minimum atomic E-state index is -1.19. The maximum absolute atomic E-state index is 13.2. The van der Waals surface area contributed by atoms with E-state index in [4.69, 9.17) is 23.7 Å². The number of aldehydes is 1. The zero-order valence-electron chi connectivity index (χ0n) is 27.2. The second-order valence-electron chi connectivity index (χ2n) is 16.6. The average molecular weight is 629 g/mol. The van der Waals surface area contributed by atoms with E-state index in [0.29, 0.717) is 57.5 Å². The maximum Gasteiger partial charge on any atom is 0.331 e. The molecule has 0 aromatic carbocycles. The fraction of sp³-hybridized carbons (Fsp3) is 0.889. The van der Waals surface area contributed by atoms with Crippen molar-refractivity contribution in [1.82, 2.24) is 0 Å². The van der Waals surface area contributed by atoms with Gasteiger partial charge in [0.05, 0.1) is 34.9 Å². The summed E-state index contributed by atoms with van der Waals surface area (Å²) in [5.74, 6) is -0.151. The van der Waals surface area contributed by atoms with Crippen LogP contribution in [0.15, 0.2) is 11.6 Å². The van der Waals surface area contributed by atoms with Crippen LogP contribution in [-0.2, 0) is 33.3 Å². The number of ether oxygens (including phenoxy) is 5. The van der Waals surface area contributed by atoms with Crippen molar-refractivity contribution in [2.45, 2.75) is 158 Å². The summed E-state index contributed by atoms with van der Waals surface area (Å²) in [6, 6.07) is 0. The zero-order valence-corrected chi connectivity index (χ0v) is 27.2. The molecule has 0 aromatic rings. The lowest BCUT2D eigenvalue weighted by molar-refractivity contribution is -0.278. The summed E-state index contributed by atoms with van der Waals surface area (Å²) >= 11 is 0. The summed E-state index contributed by atoms with van der Waals surface area (Å²) in [7, 11) is 0. The molecule has 2 saturated heterocycles. The van der Waals surface area contributed by atoms with Crippen molar-refractivity contribution in [3.8, 4) is 0 Å². The van der Waals surface area contributed by atoms with Gasteiger partial charge in [-0.1, -0.05) is 13.8 Å². The number of rotatable bonds is 4. The van der Waals surface area contributed by atoms with Gasteiger partial charge in [0.1, 0.15) is 19.0 Å². The van der Waals surface area contributed by atoms with Crippen molar-refractivity contribution >= 4 is 12.3 Å². The van der Waals surface area contributed by atoms with Gasteiger partial charge in [-0.2, -0.15) is 0 Å². The molecule has 8 aliphatic rings. The number of hydrogen-bond acceptors (Lipinski definition) is 9. The van der Waals surface area contributed by atoms with Crippen molar-refractivity contribution in [3.63, 3.8) is 0 Å². The molecule has 0 unspecified atom stereocenters. The second kappa shape index (κ2) is 10.6. The van der Waals surface area contributed by atoms with E-state index >= 15 is 0 Å². The summed E-state index contributed by atoms with van der Waals surface area (Å²) in [6.07, 6.45) is 12.1. The Labute approximate surface area is 266 Å². The highest BCUT2D eigenvalue weighted by molar-refractivity contribution is 5.85. The van der Waals surface area contributed by atoms with Gasteiger partial charge >= 0.3 is 5.97 Å². The first kappa shape index (κ1) is 30.9. The SMILES string of the molecule is CC1CCC2(CC1)O[C@H]1[C@H](C[C@H](O[C@H]3CC[C@]4(C=O)[C@H]5CC[C@]6(C)[C@@H](C7=CC(=O)OC7)CC[C@]6(O)[C@@H]5CC[C@]4(O)C3)O[C@@H]1C)O2. The Morgan fingerprint density at radius 2 is 1.71 bits per heavy atom. The first-order valence-corrected chi connectivity index (χ1v) is 17.9. The van der Waals surface area contributed by atoms with Crippen molar-refractivity contribution in [2.75, 3.05) is 6.61 Å². The van der Waals surface area contributed by atoms with Gasteiger partial charge in [-0.15, -0.1) is 0 Å². The van der Waals surface area contributed by atoms with E-state index < -0.39 is 28.7 Å². The highest BCUT2D eigenvalue weighted by Gasteiger charge is 2.71. The van der Waals surface area contributed by atoms with E-state index in [0.717, 1.165) is 56.8 Å². The third-order valence-electron chi connectivity index (χ3n) is 14.5. The molecular formula is C36H52O9. The Balaban J connectivity index is 0.961. The highest BCUT2D eigenvalue weighted by atomic mass is 16.8. The lowest BCUT2D eigenvalue weighted by Gasteiger charge is -2.65. The first-order chi connectivity index (χ1) is 21.4. The van der Waals surface area contributed by atoms with Crippen molar-refractivity contribution < 1.29 is 43.5 Å². The number of cyclic esters (lactones) is 1. The molecule has 5 aliphatic carbocycles. The average Bonchev–Trinajstić information content (AvgIpc) is 3.67. The highest BCUT2D eigenvalue weighted by Crippen LogP contribution is 2.70. The lowest BCUT2D eigenvalue weighted by Crippen LogP contribution is -2.69. The number of carbonyl (C=O) groups excluding carboxylic acids is 2. The van der Waals surface area contributed by atoms with Gasteiger partial charge in [-0.25, -0.2) is 4.79 Å². The van der Waals surface area contributed by atoms with Crippen LogP contribution in [0.2, 0.25) is 0 Å². The minimum absolute atomic E-state index is 0.0689. The number of fused-ring (bicyclic) bond motifs is 6. The molecule has 5 saturated carbocycles. The zero-order chi connectivity index (χ0) is 31.4. The van der Waals surface area contributed by atoms with E-state index in [1.54, 1.807) is 6.08 Å². The molecule has 0 radical (unpaired) electrons. The summed E-state index contributed by atoms with van der Waals surface area (Å²) in [5.41, 5.74) is -2.43. The molecule has 8 rings (SSSR count). The fourth-order valence-electron chi connectivity index (χ4n) is 12.0. The van der Waals surface area contributed by atoms with Gasteiger partial charge in [-0.05, 0) is 100 Å². The molecule has 0 aromatic heterocycles. The predicted octanol–water partition coefficient (Wildman–Crippen LogP) is 4.75. The largest absolute Gasteiger partial charge is 0.458 e. The van der Waals surface area contributed by atoms with Gasteiger partial charge in [0.2, 0.25) is 0 Å². The number of carbonyl (C=O) groups is 2. The Bertz CT molecular complexity index is 1240. The Hall–Kier alpha value is -1.36. The predicted molar refractivity (Wildman–Crippen MR) is 162 cm³/mol. The topological polar surface area (TPSA) is 121 Å². The molecule has 7 fully saturated rings. The third kappa shape index (κ3) is 4.46. The summed E-state index contributed by atoms with van der Waals surface area (Å²) in [4.78, 5) is 25.1. The molecule has 250 valence electrons. The smallest absolute Gasteiger partial charge is 0.331 e. The second-order valence-corrected chi connectivity index (χ2v) is 16.6. The standard InChI is InChI=1S/C36H52O9/c1-21-4-13-35(14-5-21)44-28-17-30(42-22(2)31(28)45-35)43-24-6-11-33(20-37)26-7-10-32(3)25(23-16-29(38)41-19-23)9-15-36(32,40)27(26)8-12-34(33,39)18-24/h16,20-22,24-28,30-31,39-40H,4-15,17-19H2,1-3H3/t21?,22-,24+,25-,26+,27-,28+,30+,31-,32-,33+,34+,35?,36+/m1/s1. The minimum Gasteiger partial charge on any atom is -0.458 e. The third-order valence-corrected chi connectivity index (χ3v) is 14.5. The van der Waals surface area contributed by atoms with Crippen molar-refractivity contribution in [1.29, 1.82) is 0 Å². The molecule has 9 heteroatoms. The molecule has 0 bridgehead atoms. The summed E-state index contributed by atoms with van der Waals surface area (Å²) in [5, 5.41) is 24.9. The molecule has 3 heterocycles. The van der Waals surface area contributed by atoms with E-state index in [1.807, 2.05) is 6.92 Å². The molecule has 0 amide bonds. The van der Waals surface area contributed by atoms with Crippen molar-refractivity contribution in [3.05, 3.63) is 11.6 Å². The number of hydrogen-bond donors (Lipinski definition) is 2. The summed E-state index contributed by atoms with van der Waals surface area (Å²) < 4.78 is 31.3. The fourth-order valence-corrected chi connectivity index (χ4v) is 12.0. The molecular weight excluding hydrogens is 576 g/mol. The van der Waals surface area contributed by atoms with Gasteiger partial charge in [-0.3, -0.25) is 0 Å². The Morgan fingerprint density at radius 1 is 0.933 bits per heavy atom. The summed E-state index contributed by atoms with van der Waals surface area (Å²) in [6.45, 7) is 6.82. The van der Waals surface area contributed by atoms with Crippen LogP contribution in [0.4, 0.5) is 0 Å². The van der Waals surface area contributed by atoms with Crippen molar-refractivity contribution in [2.24, 2.45) is 34.5 Å². The molecule has 45 heavy (non-hydrogen) atoms. The van der Waals surface area contributed by atoms with Crippen LogP contribution in [0.25, 0.3) is 0 Å². The van der Waals surface area contributed by atoms with E-state index in [1.165, 1.54) is 0 Å². The Kier molecular flexibility index (Phi) is 7.27. The van der Waals surface area contributed by atoms with Crippen LogP contribution in [0.5, 0.6) is 0 Å². The van der Waals surface area contributed by atoms with Crippen LogP contribution < -0.4 is 0 Å². The lowest BCUT2D eigenvalue weighted by atomic mass is 9.41. The monoisotopic (exact) mass is 628 g/mol. The van der Waals surface area contributed by atoms with Gasteiger partial charge < -0.3 is 38.7 Å². The molecule has 1 spiro atoms. The van der Waals surface area contributed by atoms with Gasteiger partial charge in [0.15, 0.2) is 12.1 Å². The van der Waals surface area contributed by atoms with Crippen LogP contribution in [0, 0.1) is 34.5 Å². The van der Waals surface area contributed by atoms with Crippen LogP contribution in [0.3, 0.4) is 0 Å². The quantitative estimate of drug-likeness (QED) is 0.258. The Morgan fingerprint density at radius 3 is 2.44 bits per heavy atom. The van der Waals surface area contributed by atoms with Gasteiger partial charge in [0, 0.05) is 37.2 Å². The molecule has 12 atom stereocenters. The van der Waals surface area contributed by atoms with E-state index in [9.17, 15) is 19.8 Å². The molecule has 3 aliphatic heterocycles. The molecule has 9 nitrogen and oxygen atoms in total. The first-order valence-electron chi connectivity index (χ1n) is 17.9. The van der Waals surface area contributed by atoms with Crippen LogP contribution >= 0.6 is 0 Å². The van der Waals surface area contributed by atoms with E-state index in [2.05, 4.69) is 13.8 Å². The van der Waals surface area contributed by atoms with Crippen LogP contribution in [-0.4, -0.2) is 76.8 Å². The normalized spacial score (nSPS) is 55.7. The van der Waals surface area contributed by atoms with E-state index in [-0.39, 0.29) is 53.6 Å². The number of esters is 1. The number of aliphatic hydroxyl groups is 2.